The molecule has 1 heterocycles. The van der Waals surface area contributed by atoms with Gasteiger partial charge in [-0.25, -0.2) is 4.98 Å². The molecule has 0 saturated heterocycles. The molecule has 0 saturated carbocycles. The highest BCUT2D eigenvalue weighted by molar-refractivity contribution is 6.29. The number of phenols is 1. The molecule has 0 aliphatic rings. The van der Waals surface area contributed by atoms with Crippen LogP contribution >= 0.6 is 11.6 Å². The number of aromatic nitrogens is 1. The molecular weight excluding hydrogens is 284 g/mol. The van der Waals surface area contributed by atoms with Gasteiger partial charge < -0.3 is 10.4 Å². The Labute approximate surface area is 128 Å². The fourth-order valence-corrected chi connectivity index (χ4v) is 2.62. The fraction of sp³-hybridized carbons (Fsp3) is 0.118. The van der Waals surface area contributed by atoms with Crippen molar-refractivity contribution in [3.63, 3.8) is 0 Å². The Balaban J connectivity index is 1.94. The minimum Gasteiger partial charge on any atom is -0.507 e. The van der Waals surface area contributed by atoms with Crippen molar-refractivity contribution in [2.45, 2.75) is 13.0 Å². The molecule has 0 bridgehead atoms. The topological polar surface area (TPSA) is 45.2 Å². The number of nitrogens with zero attached hydrogens (tertiary/aromatic N) is 1. The van der Waals surface area contributed by atoms with Gasteiger partial charge in [-0.15, -0.1) is 0 Å². The van der Waals surface area contributed by atoms with Crippen molar-refractivity contribution >= 4 is 28.1 Å². The summed E-state index contributed by atoms with van der Waals surface area (Å²) in [6, 6.07) is 15.3. The van der Waals surface area contributed by atoms with Gasteiger partial charge in [-0.1, -0.05) is 48.0 Å². The van der Waals surface area contributed by atoms with E-state index in [0.717, 1.165) is 22.0 Å². The van der Waals surface area contributed by atoms with Gasteiger partial charge in [0.05, 0.1) is 6.04 Å². The van der Waals surface area contributed by atoms with Crippen LogP contribution in [0.1, 0.15) is 18.5 Å². The van der Waals surface area contributed by atoms with Gasteiger partial charge in [0.1, 0.15) is 10.9 Å². The monoisotopic (exact) mass is 298 g/mol. The van der Waals surface area contributed by atoms with Gasteiger partial charge in [-0.05, 0) is 24.4 Å². The molecule has 2 aromatic carbocycles. The number of fused-ring (bicyclic) bond motifs is 1. The maximum atomic E-state index is 10.5. The van der Waals surface area contributed by atoms with Crippen molar-refractivity contribution in [1.29, 1.82) is 0 Å². The second kappa shape index (κ2) is 5.62. The number of rotatable bonds is 3. The first kappa shape index (κ1) is 13.7. The number of benzene rings is 2. The Morgan fingerprint density at radius 3 is 2.76 bits per heavy atom. The van der Waals surface area contributed by atoms with Gasteiger partial charge in [0.2, 0.25) is 0 Å². The number of halogens is 1. The highest BCUT2D eigenvalue weighted by Crippen LogP contribution is 2.33. The van der Waals surface area contributed by atoms with Gasteiger partial charge in [0, 0.05) is 22.8 Å². The summed E-state index contributed by atoms with van der Waals surface area (Å²) in [6.07, 6.45) is 1.65. The van der Waals surface area contributed by atoms with Crippen LogP contribution in [0.5, 0.6) is 5.75 Å². The Kier molecular flexibility index (Phi) is 3.67. The number of aromatic hydroxyl groups is 1. The molecule has 0 fully saturated rings. The van der Waals surface area contributed by atoms with E-state index in [-0.39, 0.29) is 6.04 Å². The Morgan fingerprint density at radius 1 is 1.14 bits per heavy atom. The van der Waals surface area contributed by atoms with E-state index in [0.29, 0.717) is 10.9 Å². The number of pyridine rings is 1. The third-order valence-electron chi connectivity index (χ3n) is 3.51. The lowest BCUT2D eigenvalue weighted by Gasteiger charge is -2.18. The predicted molar refractivity (Wildman–Crippen MR) is 86.9 cm³/mol. The summed E-state index contributed by atoms with van der Waals surface area (Å²) >= 11 is 5.88. The molecule has 0 amide bonds. The largest absolute Gasteiger partial charge is 0.507 e. The van der Waals surface area contributed by atoms with Crippen LogP contribution in [-0.4, -0.2) is 10.1 Å². The Hall–Kier alpha value is -2.26. The Morgan fingerprint density at radius 2 is 1.95 bits per heavy atom. The molecule has 3 rings (SSSR count). The van der Waals surface area contributed by atoms with E-state index in [1.54, 1.807) is 12.3 Å². The zero-order chi connectivity index (χ0) is 14.8. The van der Waals surface area contributed by atoms with Crippen LogP contribution < -0.4 is 5.32 Å². The van der Waals surface area contributed by atoms with Crippen LogP contribution in [-0.2, 0) is 0 Å². The lowest BCUT2D eigenvalue weighted by Crippen LogP contribution is -2.07. The first-order valence-electron chi connectivity index (χ1n) is 6.74. The number of anilines is 1. The molecule has 0 aliphatic carbocycles. The van der Waals surface area contributed by atoms with E-state index in [4.69, 9.17) is 11.6 Å². The quantitative estimate of drug-likeness (QED) is 0.685. The van der Waals surface area contributed by atoms with Gasteiger partial charge in [-0.3, -0.25) is 0 Å². The maximum Gasteiger partial charge on any atom is 0.131 e. The molecule has 3 nitrogen and oxygen atoms in total. The molecule has 0 radical (unpaired) electrons. The third kappa shape index (κ3) is 2.78. The molecule has 106 valence electrons. The molecule has 0 aliphatic heterocycles. The molecule has 1 unspecified atom stereocenters. The van der Waals surface area contributed by atoms with E-state index in [1.807, 2.05) is 49.4 Å². The van der Waals surface area contributed by atoms with Crippen molar-refractivity contribution in [1.82, 2.24) is 4.98 Å². The summed E-state index contributed by atoms with van der Waals surface area (Å²) in [5.74, 6) is 0.313. The fourth-order valence-electron chi connectivity index (χ4n) is 2.44. The molecule has 2 N–H and O–H groups in total. The predicted octanol–water partition coefficient (Wildman–Crippen LogP) is 4.77. The summed E-state index contributed by atoms with van der Waals surface area (Å²) in [5, 5.41) is 16.1. The summed E-state index contributed by atoms with van der Waals surface area (Å²) in [6.45, 7) is 2.00. The van der Waals surface area contributed by atoms with Crippen LogP contribution in [0.4, 0.5) is 5.69 Å². The van der Waals surface area contributed by atoms with Crippen molar-refractivity contribution in [3.05, 3.63) is 65.4 Å². The lowest BCUT2D eigenvalue weighted by molar-refractivity contribution is 0.472. The standard InChI is InChI=1S/C17H15ClN2O/c1-11(20-13-8-9-19-16(18)10-13)14-7-6-12-4-2-3-5-15(12)17(14)21/h2-11,21H,1H3,(H,19,20). The van der Waals surface area contributed by atoms with E-state index >= 15 is 0 Å². The van der Waals surface area contributed by atoms with Crippen LogP contribution in [0.3, 0.4) is 0 Å². The Bertz CT molecular complexity index is 789. The average molecular weight is 299 g/mol. The van der Waals surface area contributed by atoms with Crippen LogP contribution in [0.15, 0.2) is 54.7 Å². The van der Waals surface area contributed by atoms with E-state index < -0.39 is 0 Å². The zero-order valence-corrected chi connectivity index (χ0v) is 12.3. The molecule has 3 aromatic rings. The van der Waals surface area contributed by atoms with E-state index in [1.165, 1.54) is 0 Å². The number of hydrogen-bond donors (Lipinski definition) is 2. The molecule has 1 atom stereocenters. The molecule has 21 heavy (non-hydrogen) atoms. The van der Waals surface area contributed by atoms with Crippen LogP contribution in [0.2, 0.25) is 5.15 Å². The summed E-state index contributed by atoms with van der Waals surface area (Å²) in [5.41, 5.74) is 1.72. The van der Waals surface area contributed by atoms with Gasteiger partial charge in [0.15, 0.2) is 0 Å². The third-order valence-corrected chi connectivity index (χ3v) is 3.71. The summed E-state index contributed by atoms with van der Waals surface area (Å²) < 4.78 is 0. The highest BCUT2D eigenvalue weighted by Gasteiger charge is 2.13. The molecule has 4 heteroatoms. The first-order valence-corrected chi connectivity index (χ1v) is 7.11. The number of hydrogen-bond acceptors (Lipinski definition) is 3. The zero-order valence-electron chi connectivity index (χ0n) is 11.5. The van der Waals surface area contributed by atoms with Crippen LogP contribution in [0.25, 0.3) is 10.8 Å². The summed E-state index contributed by atoms with van der Waals surface area (Å²) in [7, 11) is 0. The molecular formula is C17H15ClN2O. The van der Waals surface area contributed by atoms with E-state index in [9.17, 15) is 5.11 Å². The minimum atomic E-state index is -0.0481. The van der Waals surface area contributed by atoms with Crippen LogP contribution in [0, 0.1) is 0 Å². The average Bonchev–Trinajstić information content (AvgIpc) is 2.48. The second-order valence-corrected chi connectivity index (χ2v) is 5.35. The van der Waals surface area contributed by atoms with Crippen molar-refractivity contribution < 1.29 is 5.11 Å². The van der Waals surface area contributed by atoms with Gasteiger partial charge >= 0.3 is 0 Å². The highest BCUT2D eigenvalue weighted by atomic mass is 35.5. The summed E-state index contributed by atoms with van der Waals surface area (Å²) in [4.78, 5) is 3.95. The van der Waals surface area contributed by atoms with Crippen molar-refractivity contribution in [2.75, 3.05) is 5.32 Å². The van der Waals surface area contributed by atoms with Crippen molar-refractivity contribution in [3.8, 4) is 5.75 Å². The smallest absolute Gasteiger partial charge is 0.131 e. The van der Waals surface area contributed by atoms with Gasteiger partial charge in [0.25, 0.3) is 0 Å². The number of nitrogens with one attached hydrogen (secondary N) is 1. The van der Waals surface area contributed by atoms with E-state index in [2.05, 4.69) is 10.3 Å². The molecule has 1 aromatic heterocycles. The van der Waals surface area contributed by atoms with Crippen molar-refractivity contribution in [2.24, 2.45) is 0 Å². The lowest BCUT2D eigenvalue weighted by atomic mass is 10.0. The number of phenolic OH excluding ortho intramolecular Hbond substituents is 1. The maximum absolute atomic E-state index is 10.5. The normalized spacial score (nSPS) is 12.3. The second-order valence-electron chi connectivity index (χ2n) is 4.96. The van der Waals surface area contributed by atoms with Gasteiger partial charge in [-0.2, -0.15) is 0 Å². The SMILES string of the molecule is CC(Nc1ccnc(Cl)c1)c1ccc2ccccc2c1O. The minimum absolute atomic E-state index is 0.0481. The molecule has 0 spiro atoms. The first-order chi connectivity index (χ1) is 10.1.